The zero-order chi connectivity index (χ0) is 98.3. The van der Waals surface area contributed by atoms with Gasteiger partial charge in [-0.2, -0.15) is 0 Å². The second kappa shape index (κ2) is 40.8. The number of ketones is 3. The number of hydrogen-bond donors (Lipinski definition) is 3. The number of fused-ring (bicyclic) bond motifs is 33. The van der Waals surface area contributed by atoms with Gasteiger partial charge in [-0.25, -0.2) is 0 Å². The SMILES string of the molecule is CC(=O)C=C(C)O.CC(=O)C=C(C)O.CC(C)(C)c1ccc2cnc(-c3[c-]cc4c(c3)-c3c(ccc5c6ccccc6c6ccccc6c35)C4(C)C)cc2c1.CC(C)C(=O)C=C(O)C(C)C.CC1(C)c2c[c-]c(-c3cc4ccccc4cn3)cc2-c2c1ccc1c3ccccc3c3ccccc3c21.CC1(C)c2c[c-]c(-c3cc4ccccc4cn3)cc2-c2ccc3c4ccccc4c4ccccc4c3c21.[Ir].[Ir].[Ir]. The van der Waals surface area contributed by atoms with Crippen LogP contribution in [0.2, 0.25) is 0 Å². The predicted molar refractivity (Wildman–Crippen MR) is 587 cm³/mol. The Morgan fingerprint density at radius 2 is 0.608 bits per heavy atom. The van der Waals surface area contributed by atoms with Gasteiger partial charge in [-0.05, 0) is 235 Å². The maximum atomic E-state index is 11.0. The van der Waals surface area contributed by atoms with E-state index in [1.807, 2.05) is 46.3 Å². The summed E-state index contributed by atoms with van der Waals surface area (Å²) in [6.07, 6.45) is 9.59. The van der Waals surface area contributed by atoms with Crippen LogP contribution in [0.15, 0.2) is 357 Å². The van der Waals surface area contributed by atoms with Crippen molar-refractivity contribution >= 4 is 147 Å². The van der Waals surface area contributed by atoms with E-state index in [4.69, 9.17) is 25.2 Å². The first-order chi connectivity index (χ1) is 67.1. The van der Waals surface area contributed by atoms with Crippen molar-refractivity contribution < 1.29 is 90.0 Å². The number of aliphatic hydroxyl groups is 3. The first-order valence-corrected chi connectivity index (χ1v) is 48.2. The van der Waals surface area contributed by atoms with Crippen molar-refractivity contribution in [2.75, 3.05) is 0 Å². The van der Waals surface area contributed by atoms with E-state index in [0.717, 1.165) is 44.5 Å². The third-order valence-corrected chi connectivity index (χ3v) is 28.4. The Bertz CT molecular complexity index is 8670. The standard InChI is InChI=1S/C40H32N.2C36H24N.C9H16O2.2C5H8O2.3Ir/c1-39(2,3)27-16-14-25-23-41-36(22-26(25)20-27)24-15-18-34-33(21-24)38-35(40(34,4)5)19-17-32-30-12-7-6-10-28(30)29-11-8-9-13-31(29)37(32)38;1-36(2)32-18-15-23(33-20-22-9-3-4-10-24(22)21-37-33)19-31(32)30-17-16-29-27-13-6-5-11-25(27)26-12-7-8-14-28(26)34(29)35(30)36;1-36(2)31-17-15-23(33-20-22-9-3-4-10-24(22)21-37-33)19-30(31)35-32(36)18-16-29-27-13-6-5-11-25(27)26-12-7-8-14-28(26)34(29)35;1-6(2)8(10)5-9(11)7(3)4;2*1-4(6)3-5(2)7;;;/h6-14,16-23H,1-5H3;2*3-14,16-21H,1-2H3;5-7,10H,1-4H3;2*3,6H,1-2H3;;;/q3*-1;;;;;;. The van der Waals surface area contributed by atoms with Crippen LogP contribution in [0.3, 0.4) is 0 Å². The Kier molecular flexibility index (Phi) is 29.1. The molecule has 0 saturated carbocycles. The van der Waals surface area contributed by atoms with Gasteiger partial charge in [-0.15, -0.1) is 88.0 Å². The van der Waals surface area contributed by atoms with E-state index in [2.05, 4.69) is 384 Å². The van der Waals surface area contributed by atoms with Crippen molar-refractivity contribution in [2.45, 2.75) is 139 Å². The summed E-state index contributed by atoms with van der Waals surface area (Å²) in [5, 5.41) is 56.8. The van der Waals surface area contributed by atoms with E-state index in [1.165, 1.54) is 237 Å². The summed E-state index contributed by atoms with van der Waals surface area (Å²) in [6, 6.07) is 122. The number of hydrogen-bond acceptors (Lipinski definition) is 9. The molecule has 3 aromatic heterocycles. The molecule has 24 rings (SSSR count). The van der Waals surface area contributed by atoms with Crippen LogP contribution in [-0.4, -0.2) is 47.6 Å². The average Bonchev–Trinajstić information content (AvgIpc) is 1.56. The smallest absolute Gasteiger partial charge is 0.161 e. The molecule has 0 unspecified atom stereocenters. The summed E-state index contributed by atoms with van der Waals surface area (Å²) in [7, 11) is 0. The number of carbonyl (C=O) groups is 3. The molecule has 0 aliphatic heterocycles. The molecule has 0 atom stereocenters. The van der Waals surface area contributed by atoms with Gasteiger partial charge in [0.05, 0.1) is 17.3 Å². The first kappa shape index (κ1) is 102. The molecule has 143 heavy (non-hydrogen) atoms. The van der Waals surface area contributed by atoms with Gasteiger partial charge in [0.15, 0.2) is 17.3 Å². The number of aliphatic hydroxyl groups excluding tert-OH is 3. The maximum Gasteiger partial charge on any atom is 0.161 e. The predicted octanol–water partition coefficient (Wildman–Crippen LogP) is 34.1. The van der Waals surface area contributed by atoms with Gasteiger partial charge in [-0.3, -0.25) is 14.4 Å². The molecule has 3 radical (unpaired) electrons. The molecule has 9 nitrogen and oxygen atoms in total. The fourth-order valence-corrected chi connectivity index (χ4v) is 21.3. The van der Waals surface area contributed by atoms with Gasteiger partial charge in [0.1, 0.15) is 0 Å². The molecule has 0 saturated heterocycles. The Labute approximate surface area is 877 Å². The Morgan fingerprint density at radius 1 is 0.308 bits per heavy atom. The van der Waals surface area contributed by atoms with Crippen LogP contribution in [0, 0.1) is 30.0 Å². The normalized spacial score (nSPS) is 13.3. The molecular weight excluding hydrogens is 2290 g/mol. The Balaban J connectivity index is 0.000000136. The molecular formula is C131H112Ir3N3O6-3. The minimum absolute atomic E-state index is 0. The van der Waals surface area contributed by atoms with Gasteiger partial charge in [0.25, 0.3) is 0 Å². The van der Waals surface area contributed by atoms with Crippen LogP contribution < -0.4 is 0 Å². The molecule has 21 aromatic rings. The number of rotatable bonds is 8. The number of allylic oxidation sites excluding steroid dienone is 6. The van der Waals surface area contributed by atoms with E-state index in [9.17, 15) is 19.5 Å². The second-order valence-electron chi connectivity index (χ2n) is 40.7. The summed E-state index contributed by atoms with van der Waals surface area (Å²) < 4.78 is 0. The molecule has 0 amide bonds. The van der Waals surface area contributed by atoms with E-state index in [-0.39, 0.29) is 128 Å². The molecule has 0 bridgehead atoms. The molecule has 3 aliphatic carbocycles. The van der Waals surface area contributed by atoms with Crippen LogP contribution in [0.1, 0.15) is 157 Å². The topological polar surface area (TPSA) is 151 Å². The minimum Gasteiger partial charge on any atom is -0.512 e. The van der Waals surface area contributed by atoms with E-state index >= 15 is 0 Å². The van der Waals surface area contributed by atoms with Gasteiger partial charge in [0, 0.05) is 109 Å². The van der Waals surface area contributed by atoms with Crippen molar-refractivity contribution in [2.24, 2.45) is 11.8 Å². The van der Waals surface area contributed by atoms with E-state index < -0.39 is 0 Å². The van der Waals surface area contributed by atoms with Crippen molar-refractivity contribution in [3.05, 3.63) is 415 Å². The van der Waals surface area contributed by atoms with E-state index in [1.54, 1.807) is 0 Å². The molecule has 18 aromatic carbocycles. The fourth-order valence-electron chi connectivity index (χ4n) is 21.3. The number of pyridine rings is 3. The van der Waals surface area contributed by atoms with Crippen molar-refractivity contribution in [1.82, 2.24) is 15.0 Å². The quantitative estimate of drug-likeness (QED) is 0.0585. The summed E-state index contributed by atoms with van der Waals surface area (Å²) in [6.45, 7) is 33.9. The Morgan fingerprint density at radius 3 is 0.951 bits per heavy atom. The average molecular weight is 2400 g/mol. The van der Waals surface area contributed by atoms with Crippen LogP contribution in [-0.2, 0) is 96.4 Å². The molecule has 3 N–H and O–H groups in total. The molecule has 717 valence electrons. The minimum atomic E-state index is -0.138. The first-order valence-electron chi connectivity index (χ1n) is 48.2. The van der Waals surface area contributed by atoms with Gasteiger partial charge < -0.3 is 30.3 Å². The largest absolute Gasteiger partial charge is 0.512 e. The fraction of sp³-hybridized carbons (Fsp3) is 0.176. The van der Waals surface area contributed by atoms with Crippen LogP contribution in [0.4, 0.5) is 0 Å². The monoisotopic (exact) mass is 2400 g/mol. The number of benzene rings is 18. The van der Waals surface area contributed by atoms with Gasteiger partial charge in [0.2, 0.25) is 0 Å². The van der Waals surface area contributed by atoms with Gasteiger partial charge >= 0.3 is 0 Å². The van der Waals surface area contributed by atoms with Crippen LogP contribution in [0.25, 0.3) is 196 Å². The third kappa shape index (κ3) is 19.2. The van der Waals surface area contributed by atoms with Gasteiger partial charge in [-0.1, -0.05) is 374 Å². The zero-order valence-corrected chi connectivity index (χ0v) is 90.6. The molecule has 0 spiro atoms. The molecule has 0 fully saturated rings. The maximum absolute atomic E-state index is 11.0. The Hall–Kier alpha value is -13.9. The summed E-state index contributed by atoms with van der Waals surface area (Å²) in [4.78, 5) is 45.6. The summed E-state index contributed by atoms with van der Waals surface area (Å²) in [5.74, 6) is 0.0356. The summed E-state index contributed by atoms with van der Waals surface area (Å²) >= 11 is 0. The van der Waals surface area contributed by atoms with Crippen molar-refractivity contribution in [3.8, 4) is 67.2 Å². The number of nitrogens with zero attached hydrogens (tertiary/aromatic N) is 3. The molecule has 3 heterocycles. The van der Waals surface area contributed by atoms with E-state index in [0.29, 0.717) is 0 Å². The van der Waals surface area contributed by atoms with Crippen molar-refractivity contribution in [3.63, 3.8) is 0 Å². The number of carbonyl (C=O) groups excluding carboxylic acids is 3. The number of aromatic nitrogens is 3. The molecule has 12 heteroatoms. The molecule has 3 aliphatic rings. The van der Waals surface area contributed by atoms with Crippen LogP contribution in [0.5, 0.6) is 0 Å². The second-order valence-corrected chi connectivity index (χ2v) is 40.7. The van der Waals surface area contributed by atoms with Crippen molar-refractivity contribution in [1.29, 1.82) is 0 Å². The zero-order valence-electron chi connectivity index (χ0n) is 83.4. The summed E-state index contributed by atoms with van der Waals surface area (Å²) in [5.41, 5.74) is 23.2. The third-order valence-electron chi connectivity index (χ3n) is 28.4. The van der Waals surface area contributed by atoms with Crippen LogP contribution >= 0.6 is 0 Å².